The van der Waals surface area contributed by atoms with Crippen LogP contribution < -0.4 is 5.32 Å². The van der Waals surface area contributed by atoms with E-state index in [2.05, 4.69) is 5.32 Å². The first-order valence-corrected chi connectivity index (χ1v) is 6.79. The van der Waals surface area contributed by atoms with Gasteiger partial charge in [0.2, 0.25) is 0 Å². The zero-order valence-electron chi connectivity index (χ0n) is 10.9. The van der Waals surface area contributed by atoms with E-state index >= 15 is 0 Å². The van der Waals surface area contributed by atoms with Crippen LogP contribution in [0.15, 0.2) is 18.2 Å². The molecule has 1 aliphatic carbocycles. The van der Waals surface area contributed by atoms with Gasteiger partial charge in [-0.25, -0.2) is 8.78 Å². The fraction of sp³-hybridized carbons (Fsp3) is 0.600. The van der Waals surface area contributed by atoms with Crippen LogP contribution in [0.4, 0.5) is 8.78 Å². The Bertz CT molecular complexity index is 366. The van der Waals surface area contributed by atoms with Crippen LogP contribution in [0.25, 0.3) is 0 Å². The summed E-state index contributed by atoms with van der Waals surface area (Å²) in [7, 11) is 1.93. The third-order valence-electron chi connectivity index (χ3n) is 3.91. The molecule has 1 saturated carbocycles. The zero-order chi connectivity index (χ0) is 13.0. The summed E-state index contributed by atoms with van der Waals surface area (Å²) in [6, 6.07) is 4.10. The van der Waals surface area contributed by atoms with Crippen LogP contribution in [0.3, 0.4) is 0 Å². The van der Waals surface area contributed by atoms with Gasteiger partial charge in [-0.1, -0.05) is 25.7 Å². The molecule has 0 radical (unpaired) electrons. The number of nitrogens with one attached hydrogen (secondary N) is 1. The monoisotopic (exact) mass is 253 g/mol. The maximum absolute atomic E-state index is 13.1. The summed E-state index contributed by atoms with van der Waals surface area (Å²) in [6.45, 7) is 0. The van der Waals surface area contributed by atoms with Gasteiger partial charge in [0.15, 0.2) is 0 Å². The summed E-state index contributed by atoms with van der Waals surface area (Å²) in [4.78, 5) is 0. The van der Waals surface area contributed by atoms with Crippen molar-refractivity contribution in [2.45, 2.75) is 44.6 Å². The number of hydrogen-bond donors (Lipinski definition) is 1. The summed E-state index contributed by atoms with van der Waals surface area (Å²) in [6.07, 6.45) is 7.06. The van der Waals surface area contributed by atoms with Gasteiger partial charge in [0.1, 0.15) is 11.6 Å². The molecule has 0 spiro atoms. The lowest BCUT2D eigenvalue weighted by atomic mass is 9.94. The Balaban J connectivity index is 1.95. The van der Waals surface area contributed by atoms with E-state index in [1.54, 1.807) is 0 Å². The molecule has 0 saturated heterocycles. The first-order valence-electron chi connectivity index (χ1n) is 6.79. The molecule has 1 aliphatic rings. The van der Waals surface area contributed by atoms with E-state index in [-0.39, 0.29) is 0 Å². The summed E-state index contributed by atoms with van der Waals surface area (Å²) in [5.74, 6) is -0.192. The predicted octanol–water partition coefficient (Wildman–Crippen LogP) is 3.68. The second kappa shape index (κ2) is 6.28. The first-order chi connectivity index (χ1) is 8.67. The van der Waals surface area contributed by atoms with Crippen LogP contribution in [0, 0.1) is 17.6 Å². The summed E-state index contributed by atoms with van der Waals surface area (Å²) >= 11 is 0. The minimum Gasteiger partial charge on any atom is -0.317 e. The average Bonchev–Trinajstić information content (AvgIpc) is 2.79. The van der Waals surface area contributed by atoms with Crippen LogP contribution in [-0.2, 0) is 6.42 Å². The molecule has 0 aromatic heterocycles. The Morgan fingerprint density at radius 2 is 1.78 bits per heavy atom. The second-order valence-electron chi connectivity index (χ2n) is 5.35. The Morgan fingerprint density at radius 3 is 2.33 bits per heavy atom. The number of rotatable bonds is 5. The molecule has 1 unspecified atom stereocenters. The van der Waals surface area contributed by atoms with Gasteiger partial charge in [0.05, 0.1) is 0 Å². The SMILES string of the molecule is CNC(Cc1cc(F)cc(F)c1)CC1CCCC1. The Morgan fingerprint density at radius 1 is 1.17 bits per heavy atom. The molecule has 1 N–H and O–H groups in total. The third kappa shape index (κ3) is 3.77. The van der Waals surface area contributed by atoms with E-state index in [0.717, 1.165) is 24.0 Å². The van der Waals surface area contributed by atoms with Crippen molar-refractivity contribution >= 4 is 0 Å². The van der Waals surface area contributed by atoms with E-state index in [1.807, 2.05) is 7.05 Å². The lowest BCUT2D eigenvalue weighted by molar-refractivity contribution is 0.402. The average molecular weight is 253 g/mol. The van der Waals surface area contributed by atoms with E-state index in [0.29, 0.717) is 12.5 Å². The van der Waals surface area contributed by atoms with Gasteiger partial charge in [-0.2, -0.15) is 0 Å². The first kappa shape index (κ1) is 13.5. The number of benzene rings is 1. The fourth-order valence-electron chi connectivity index (χ4n) is 2.96. The van der Waals surface area contributed by atoms with Gasteiger partial charge in [-0.05, 0) is 43.5 Å². The highest BCUT2D eigenvalue weighted by molar-refractivity contribution is 5.19. The molecule has 0 bridgehead atoms. The van der Waals surface area contributed by atoms with Crippen molar-refractivity contribution < 1.29 is 8.78 Å². The van der Waals surface area contributed by atoms with E-state index in [9.17, 15) is 8.78 Å². The third-order valence-corrected chi connectivity index (χ3v) is 3.91. The molecule has 0 heterocycles. The molecule has 0 amide bonds. The van der Waals surface area contributed by atoms with E-state index < -0.39 is 11.6 Å². The quantitative estimate of drug-likeness (QED) is 0.844. The van der Waals surface area contributed by atoms with Crippen molar-refractivity contribution in [2.24, 2.45) is 5.92 Å². The summed E-state index contributed by atoms with van der Waals surface area (Å²) in [5, 5.41) is 3.27. The normalized spacial score (nSPS) is 18.2. The molecule has 100 valence electrons. The van der Waals surface area contributed by atoms with Crippen LogP contribution in [0.2, 0.25) is 0 Å². The van der Waals surface area contributed by atoms with Gasteiger partial charge in [0, 0.05) is 12.1 Å². The highest BCUT2D eigenvalue weighted by Crippen LogP contribution is 2.29. The standard InChI is InChI=1S/C15H21F2N/c1-18-15(8-11-4-2-3-5-11)9-12-6-13(16)10-14(17)7-12/h6-7,10-11,15,18H,2-5,8-9H2,1H3. The van der Waals surface area contributed by atoms with Crippen molar-refractivity contribution in [1.29, 1.82) is 0 Å². The smallest absolute Gasteiger partial charge is 0.126 e. The molecule has 1 atom stereocenters. The lowest BCUT2D eigenvalue weighted by Crippen LogP contribution is -2.29. The van der Waals surface area contributed by atoms with E-state index in [4.69, 9.17) is 0 Å². The minimum absolute atomic E-state index is 0.314. The van der Waals surface area contributed by atoms with Gasteiger partial charge >= 0.3 is 0 Å². The Hall–Kier alpha value is -0.960. The molecule has 1 nitrogen and oxygen atoms in total. The Kier molecular flexibility index (Phi) is 4.70. The molecular weight excluding hydrogens is 232 g/mol. The van der Waals surface area contributed by atoms with Crippen LogP contribution in [0.5, 0.6) is 0 Å². The maximum atomic E-state index is 13.1. The van der Waals surface area contributed by atoms with Crippen LogP contribution in [0.1, 0.15) is 37.7 Å². The van der Waals surface area contributed by atoms with Crippen molar-refractivity contribution in [1.82, 2.24) is 5.32 Å². The molecule has 0 aliphatic heterocycles. The predicted molar refractivity (Wildman–Crippen MR) is 69.5 cm³/mol. The number of halogens is 2. The largest absolute Gasteiger partial charge is 0.317 e. The van der Waals surface area contributed by atoms with Gasteiger partial charge in [-0.3, -0.25) is 0 Å². The Labute approximate surface area is 108 Å². The topological polar surface area (TPSA) is 12.0 Å². The lowest BCUT2D eigenvalue weighted by Gasteiger charge is -2.20. The highest BCUT2D eigenvalue weighted by atomic mass is 19.1. The van der Waals surface area contributed by atoms with Crippen LogP contribution in [-0.4, -0.2) is 13.1 Å². The molecule has 1 fully saturated rings. The highest BCUT2D eigenvalue weighted by Gasteiger charge is 2.19. The van der Waals surface area contributed by atoms with Crippen LogP contribution >= 0.6 is 0 Å². The molecule has 3 heteroatoms. The van der Waals surface area contributed by atoms with Gasteiger partial charge < -0.3 is 5.32 Å². The van der Waals surface area contributed by atoms with Crippen molar-refractivity contribution in [3.05, 3.63) is 35.4 Å². The molecule has 1 aromatic carbocycles. The van der Waals surface area contributed by atoms with Crippen molar-refractivity contribution in [2.75, 3.05) is 7.05 Å². The minimum atomic E-state index is -0.485. The van der Waals surface area contributed by atoms with Crippen molar-refractivity contribution in [3.63, 3.8) is 0 Å². The van der Waals surface area contributed by atoms with Gasteiger partial charge in [0.25, 0.3) is 0 Å². The molecular formula is C15H21F2N. The fourth-order valence-corrected chi connectivity index (χ4v) is 2.96. The molecule has 18 heavy (non-hydrogen) atoms. The second-order valence-corrected chi connectivity index (χ2v) is 5.35. The van der Waals surface area contributed by atoms with Crippen molar-refractivity contribution in [3.8, 4) is 0 Å². The summed E-state index contributed by atoms with van der Waals surface area (Å²) in [5.41, 5.74) is 0.741. The molecule has 1 aromatic rings. The molecule has 2 rings (SSSR count). The zero-order valence-corrected chi connectivity index (χ0v) is 10.9. The summed E-state index contributed by atoms with van der Waals surface area (Å²) < 4.78 is 26.3. The van der Waals surface area contributed by atoms with E-state index in [1.165, 1.54) is 37.8 Å². The number of likely N-dealkylation sites (N-methyl/N-ethyl adjacent to an activating group) is 1. The maximum Gasteiger partial charge on any atom is 0.126 e. The number of hydrogen-bond acceptors (Lipinski definition) is 1. The van der Waals surface area contributed by atoms with Gasteiger partial charge in [-0.15, -0.1) is 0 Å².